The molecule has 0 radical (unpaired) electrons. The van der Waals surface area contributed by atoms with E-state index < -0.39 is 12.0 Å². The zero-order valence-electron chi connectivity index (χ0n) is 7.99. The number of aliphatic hydroxyl groups is 1. The van der Waals surface area contributed by atoms with Crippen molar-refractivity contribution in [2.75, 3.05) is 6.54 Å². The summed E-state index contributed by atoms with van der Waals surface area (Å²) in [5.41, 5.74) is 4.88. The van der Waals surface area contributed by atoms with Gasteiger partial charge in [-0.15, -0.1) is 6.58 Å². The van der Waals surface area contributed by atoms with Gasteiger partial charge in [0.05, 0.1) is 0 Å². The van der Waals surface area contributed by atoms with Gasteiger partial charge in [-0.2, -0.15) is 0 Å². The lowest BCUT2D eigenvalue weighted by Crippen LogP contribution is -2.40. The molecule has 1 amide bonds. The molecule has 0 bridgehead atoms. The molecule has 0 aromatic rings. The van der Waals surface area contributed by atoms with Gasteiger partial charge in [-0.05, 0) is 19.8 Å². The number of primary amides is 1. The van der Waals surface area contributed by atoms with E-state index >= 15 is 0 Å². The van der Waals surface area contributed by atoms with Gasteiger partial charge in [0, 0.05) is 12.6 Å². The molecular weight excluding hydrogens is 168 g/mol. The summed E-state index contributed by atoms with van der Waals surface area (Å²) >= 11 is 0. The molecule has 0 aromatic carbocycles. The Morgan fingerprint density at radius 2 is 2.38 bits per heavy atom. The zero-order chi connectivity index (χ0) is 10.3. The van der Waals surface area contributed by atoms with Gasteiger partial charge in [-0.25, -0.2) is 0 Å². The Hall–Kier alpha value is -0.870. The Balaban J connectivity index is 3.50. The fourth-order valence-corrected chi connectivity index (χ4v) is 0.883. The minimum atomic E-state index is -1.09. The molecule has 0 aliphatic rings. The summed E-state index contributed by atoms with van der Waals surface area (Å²) in [7, 11) is 0. The molecule has 0 heterocycles. The topological polar surface area (TPSA) is 75.3 Å². The lowest BCUT2D eigenvalue weighted by Gasteiger charge is -2.14. The molecule has 4 nitrogen and oxygen atoms in total. The molecule has 76 valence electrons. The van der Waals surface area contributed by atoms with E-state index in [4.69, 9.17) is 10.8 Å². The van der Waals surface area contributed by atoms with Gasteiger partial charge in [-0.3, -0.25) is 4.79 Å². The minimum Gasteiger partial charge on any atom is -0.382 e. The first kappa shape index (κ1) is 12.1. The SMILES string of the molecule is C=CCCC(C)NCC(O)C(N)=O. The molecule has 0 aliphatic heterocycles. The summed E-state index contributed by atoms with van der Waals surface area (Å²) in [6.07, 6.45) is 2.60. The van der Waals surface area contributed by atoms with Gasteiger partial charge in [0.1, 0.15) is 6.10 Å². The van der Waals surface area contributed by atoms with Crippen LogP contribution in [-0.4, -0.2) is 29.7 Å². The molecular formula is C9H18N2O2. The first-order valence-electron chi connectivity index (χ1n) is 4.39. The van der Waals surface area contributed by atoms with Crippen LogP contribution in [0.2, 0.25) is 0 Å². The fourth-order valence-electron chi connectivity index (χ4n) is 0.883. The standard InChI is InChI=1S/C9H18N2O2/c1-3-4-5-7(2)11-6-8(12)9(10)13/h3,7-8,11-12H,1,4-6H2,2H3,(H2,10,13). The van der Waals surface area contributed by atoms with Crippen LogP contribution in [0.25, 0.3) is 0 Å². The van der Waals surface area contributed by atoms with Crippen molar-refractivity contribution in [3.63, 3.8) is 0 Å². The molecule has 0 aromatic heterocycles. The molecule has 0 saturated heterocycles. The number of hydrogen-bond donors (Lipinski definition) is 3. The van der Waals surface area contributed by atoms with Crippen molar-refractivity contribution in [1.82, 2.24) is 5.32 Å². The molecule has 0 spiro atoms. The number of nitrogens with two attached hydrogens (primary N) is 1. The van der Waals surface area contributed by atoms with E-state index in [9.17, 15) is 4.79 Å². The maximum atomic E-state index is 10.4. The summed E-state index contributed by atoms with van der Waals surface area (Å²) in [4.78, 5) is 10.4. The van der Waals surface area contributed by atoms with Gasteiger partial charge >= 0.3 is 0 Å². The Kier molecular flexibility index (Phi) is 6.18. The summed E-state index contributed by atoms with van der Waals surface area (Å²) in [5.74, 6) is -0.691. The average Bonchev–Trinajstić information content (AvgIpc) is 2.10. The van der Waals surface area contributed by atoms with Gasteiger partial charge in [-0.1, -0.05) is 6.08 Å². The van der Waals surface area contributed by atoms with E-state index in [1.807, 2.05) is 13.0 Å². The highest BCUT2D eigenvalue weighted by atomic mass is 16.3. The van der Waals surface area contributed by atoms with Crippen LogP contribution >= 0.6 is 0 Å². The lowest BCUT2D eigenvalue weighted by atomic mass is 10.2. The first-order chi connectivity index (χ1) is 6.07. The number of carbonyl (C=O) groups excluding carboxylic acids is 1. The van der Waals surface area contributed by atoms with E-state index in [2.05, 4.69) is 11.9 Å². The third-order valence-electron chi connectivity index (χ3n) is 1.79. The van der Waals surface area contributed by atoms with Gasteiger partial charge in [0.25, 0.3) is 0 Å². The maximum Gasteiger partial charge on any atom is 0.247 e. The van der Waals surface area contributed by atoms with Gasteiger partial charge < -0.3 is 16.2 Å². The predicted molar refractivity (Wildman–Crippen MR) is 52.1 cm³/mol. The van der Waals surface area contributed by atoms with Crippen LogP contribution < -0.4 is 11.1 Å². The highest BCUT2D eigenvalue weighted by Crippen LogP contribution is 1.96. The molecule has 13 heavy (non-hydrogen) atoms. The molecule has 0 rings (SSSR count). The number of hydrogen-bond acceptors (Lipinski definition) is 3. The van der Waals surface area contributed by atoms with Crippen molar-refractivity contribution in [3.05, 3.63) is 12.7 Å². The first-order valence-corrected chi connectivity index (χ1v) is 4.39. The summed E-state index contributed by atoms with van der Waals surface area (Å²) in [6, 6.07) is 0.256. The van der Waals surface area contributed by atoms with E-state index in [0.717, 1.165) is 12.8 Å². The third kappa shape index (κ3) is 6.31. The monoisotopic (exact) mass is 186 g/mol. The predicted octanol–water partition coefficient (Wildman–Crippen LogP) is -0.223. The van der Waals surface area contributed by atoms with Crippen LogP contribution in [0.15, 0.2) is 12.7 Å². The molecule has 2 atom stereocenters. The van der Waals surface area contributed by atoms with Crippen LogP contribution in [0.1, 0.15) is 19.8 Å². The van der Waals surface area contributed by atoms with E-state index in [0.29, 0.717) is 0 Å². The quantitative estimate of drug-likeness (QED) is 0.481. The second-order valence-corrected chi connectivity index (χ2v) is 3.09. The summed E-state index contributed by atoms with van der Waals surface area (Å²) in [6.45, 7) is 5.80. The van der Waals surface area contributed by atoms with Crippen molar-refractivity contribution < 1.29 is 9.90 Å². The average molecular weight is 186 g/mol. The van der Waals surface area contributed by atoms with Crippen LogP contribution in [0.5, 0.6) is 0 Å². The number of carbonyl (C=O) groups is 1. The number of aliphatic hydroxyl groups excluding tert-OH is 1. The van der Waals surface area contributed by atoms with Crippen molar-refractivity contribution in [2.24, 2.45) is 5.73 Å². The number of allylic oxidation sites excluding steroid dienone is 1. The second-order valence-electron chi connectivity index (χ2n) is 3.09. The van der Waals surface area contributed by atoms with Crippen molar-refractivity contribution in [1.29, 1.82) is 0 Å². The van der Waals surface area contributed by atoms with Crippen LogP contribution in [-0.2, 0) is 4.79 Å². The molecule has 4 N–H and O–H groups in total. The number of nitrogens with one attached hydrogen (secondary N) is 1. The van der Waals surface area contributed by atoms with Crippen LogP contribution in [0, 0.1) is 0 Å². The highest BCUT2D eigenvalue weighted by molar-refractivity contribution is 5.78. The Morgan fingerprint density at radius 3 is 2.85 bits per heavy atom. The highest BCUT2D eigenvalue weighted by Gasteiger charge is 2.11. The Morgan fingerprint density at radius 1 is 1.77 bits per heavy atom. The zero-order valence-corrected chi connectivity index (χ0v) is 7.99. The van der Waals surface area contributed by atoms with Gasteiger partial charge in [0.15, 0.2) is 0 Å². The molecule has 0 fully saturated rings. The lowest BCUT2D eigenvalue weighted by molar-refractivity contribution is -0.125. The third-order valence-corrected chi connectivity index (χ3v) is 1.79. The number of rotatable bonds is 7. The molecule has 2 unspecified atom stereocenters. The molecule has 0 saturated carbocycles. The van der Waals surface area contributed by atoms with Gasteiger partial charge in [0.2, 0.25) is 5.91 Å². The van der Waals surface area contributed by atoms with Crippen molar-refractivity contribution in [2.45, 2.75) is 31.9 Å². The summed E-state index contributed by atoms with van der Waals surface area (Å²) in [5, 5.41) is 12.0. The smallest absolute Gasteiger partial charge is 0.247 e. The van der Waals surface area contributed by atoms with Crippen molar-refractivity contribution >= 4 is 5.91 Å². The maximum absolute atomic E-state index is 10.4. The van der Waals surface area contributed by atoms with E-state index in [1.165, 1.54) is 0 Å². The summed E-state index contributed by atoms with van der Waals surface area (Å²) < 4.78 is 0. The number of amides is 1. The van der Waals surface area contributed by atoms with Crippen LogP contribution in [0.3, 0.4) is 0 Å². The molecule has 4 heteroatoms. The normalized spacial score (nSPS) is 14.9. The second kappa shape index (κ2) is 6.62. The molecule has 0 aliphatic carbocycles. The van der Waals surface area contributed by atoms with Crippen LogP contribution in [0.4, 0.5) is 0 Å². The Labute approximate surface area is 78.8 Å². The Bertz CT molecular complexity index is 171. The largest absolute Gasteiger partial charge is 0.382 e. The van der Waals surface area contributed by atoms with Crippen molar-refractivity contribution in [3.8, 4) is 0 Å². The minimum absolute atomic E-state index is 0.216. The van der Waals surface area contributed by atoms with E-state index in [-0.39, 0.29) is 12.6 Å². The van der Waals surface area contributed by atoms with E-state index in [1.54, 1.807) is 0 Å². The fraction of sp³-hybridized carbons (Fsp3) is 0.667.